The first-order valence-electron chi connectivity index (χ1n) is 5.63. The molecule has 98 valence electrons. The van der Waals surface area contributed by atoms with Gasteiger partial charge in [-0.15, -0.1) is 0 Å². The van der Waals surface area contributed by atoms with Gasteiger partial charge in [-0.2, -0.15) is 0 Å². The van der Waals surface area contributed by atoms with E-state index in [1.165, 1.54) is 12.1 Å². The minimum absolute atomic E-state index is 0.136. The average molecular weight is 254 g/mol. The summed E-state index contributed by atoms with van der Waals surface area (Å²) in [5, 5.41) is 8.41. The van der Waals surface area contributed by atoms with Crippen molar-refractivity contribution in [2.24, 2.45) is 0 Å². The number of hydrogen-bond donors (Lipinski definition) is 1. The van der Waals surface area contributed by atoms with Crippen molar-refractivity contribution in [2.75, 3.05) is 0 Å². The number of aliphatic carboxylic acids is 1. The van der Waals surface area contributed by atoms with Gasteiger partial charge in [-0.05, 0) is 24.6 Å². The second kappa shape index (κ2) is 6.74. The first-order chi connectivity index (χ1) is 8.47. The van der Waals surface area contributed by atoms with E-state index in [4.69, 9.17) is 9.84 Å². The Morgan fingerprint density at radius 2 is 1.89 bits per heavy atom. The number of hydrogen-bond acceptors (Lipinski definition) is 3. The standard InChI is InChI=1S/C13H15FO4/c1-9(18-13(17)7-6-12(15)16)8-10-2-4-11(14)5-3-10/h2-5,9H,6-8H2,1H3,(H,15,16)/t9-/m0/s1. The molecule has 0 aliphatic heterocycles. The van der Waals surface area contributed by atoms with Gasteiger partial charge in [-0.3, -0.25) is 9.59 Å². The molecule has 0 aliphatic rings. The lowest BCUT2D eigenvalue weighted by molar-refractivity contribution is -0.151. The molecule has 0 amide bonds. The van der Waals surface area contributed by atoms with Gasteiger partial charge >= 0.3 is 11.9 Å². The first-order valence-corrected chi connectivity index (χ1v) is 5.63. The van der Waals surface area contributed by atoms with E-state index in [1.807, 2.05) is 0 Å². The monoisotopic (exact) mass is 254 g/mol. The lowest BCUT2D eigenvalue weighted by Crippen LogP contribution is -2.18. The highest BCUT2D eigenvalue weighted by Crippen LogP contribution is 2.08. The second-order valence-corrected chi connectivity index (χ2v) is 4.02. The molecule has 18 heavy (non-hydrogen) atoms. The Kier molecular flexibility index (Phi) is 5.30. The molecule has 0 saturated carbocycles. The molecule has 1 rings (SSSR count). The Morgan fingerprint density at radius 1 is 1.28 bits per heavy atom. The lowest BCUT2D eigenvalue weighted by atomic mass is 10.1. The summed E-state index contributed by atoms with van der Waals surface area (Å²) in [5.74, 6) is -1.88. The zero-order valence-corrected chi connectivity index (χ0v) is 10.1. The first kappa shape index (κ1) is 14.2. The molecule has 0 unspecified atom stereocenters. The van der Waals surface area contributed by atoms with Gasteiger partial charge in [0, 0.05) is 6.42 Å². The molecule has 0 fully saturated rings. The molecule has 5 heteroatoms. The van der Waals surface area contributed by atoms with Crippen molar-refractivity contribution in [2.45, 2.75) is 32.3 Å². The fraction of sp³-hybridized carbons (Fsp3) is 0.385. The van der Waals surface area contributed by atoms with Crippen LogP contribution in [0, 0.1) is 5.82 Å². The van der Waals surface area contributed by atoms with E-state index < -0.39 is 11.9 Å². The van der Waals surface area contributed by atoms with Gasteiger partial charge in [-0.25, -0.2) is 4.39 Å². The molecule has 0 spiro atoms. The molecular weight excluding hydrogens is 239 g/mol. The highest BCUT2D eigenvalue weighted by atomic mass is 19.1. The predicted octanol–water partition coefficient (Wildman–Crippen LogP) is 2.16. The van der Waals surface area contributed by atoms with Crippen LogP contribution in [0.3, 0.4) is 0 Å². The van der Waals surface area contributed by atoms with Crippen LogP contribution in [0.5, 0.6) is 0 Å². The maximum Gasteiger partial charge on any atom is 0.306 e. The van der Waals surface area contributed by atoms with Gasteiger partial charge in [-0.1, -0.05) is 12.1 Å². The van der Waals surface area contributed by atoms with Gasteiger partial charge < -0.3 is 9.84 Å². The number of carboxylic acids is 1. The Labute approximate surface area is 104 Å². The molecule has 1 aromatic carbocycles. The van der Waals surface area contributed by atoms with E-state index in [2.05, 4.69) is 0 Å². The van der Waals surface area contributed by atoms with E-state index in [0.29, 0.717) is 6.42 Å². The van der Waals surface area contributed by atoms with Crippen LogP contribution < -0.4 is 0 Å². The largest absolute Gasteiger partial charge is 0.481 e. The minimum atomic E-state index is -1.03. The Hall–Kier alpha value is -1.91. The van der Waals surface area contributed by atoms with Crippen LogP contribution in [0.2, 0.25) is 0 Å². The van der Waals surface area contributed by atoms with Gasteiger partial charge in [0.2, 0.25) is 0 Å². The summed E-state index contributed by atoms with van der Waals surface area (Å²) < 4.78 is 17.7. The molecule has 1 N–H and O–H groups in total. The van der Waals surface area contributed by atoms with Crippen molar-refractivity contribution in [3.63, 3.8) is 0 Å². The molecule has 0 aliphatic carbocycles. The van der Waals surface area contributed by atoms with Crippen molar-refractivity contribution >= 4 is 11.9 Å². The molecule has 1 aromatic rings. The van der Waals surface area contributed by atoms with Crippen LogP contribution in [0.25, 0.3) is 0 Å². The van der Waals surface area contributed by atoms with Gasteiger partial charge in [0.05, 0.1) is 12.8 Å². The molecule has 0 radical (unpaired) electrons. The fourth-order valence-corrected chi connectivity index (χ4v) is 1.49. The number of esters is 1. The van der Waals surface area contributed by atoms with Crippen LogP contribution in [-0.2, 0) is 20.7 Å². The van der Waals surface area contributed by atoms with Crippen LogP contribution in [-0.4, -0.2) is 23.1 Å². The number of carbonyl (C=O) groups is 2. The second-order valence-electron chi connectivity index (χ2n) is 4.02. The number of rotatable bonds is 6. The number of benzene rings is 1. The smallest absolute Gasteiger partial charge is 0.306 e. The SMILES string of the molecule is C[C@@H](Cc1ccc(F)cc1)OC(=O)CCC(=O)O. The maximum absolute atomic E-state index is 12.7. The molecule has 4 nitrogen and oxygen atoms in total. The normalized spacial score (nSPS) is 11.9. The van der Waals surface area contributed by atoms with E-state index in [0.717, 1.165) is 5.56 Å². The zero-order valence-electron chi connectivity index (χ0n) is 10.1. The molecular formula is C13H15FO4. The van der Waals surface area contributed by atoms with Crippen LogP contribution in [0.4, 0.5) is 4.39 Å². The molecule has 0 bridgehead atoms. The molecule has 1 atom stereocenters. The minimum Gasteiger partial charge on any atom is -0.481 e. The zero-order chi connectivity index (χ0) is 13.5. The summed E-state index contributed by atoms with van der Waals surface area (Å²) in [7, 11) is 0. The van der Waals surface area contributed by atoms with Crippen LogP contribution in [0.1, 0.15) is 25.3 Å². The highest BCUT2D eigenvalue weighted by molar-refractivity contribution is 5.76. The molecule has 0 heterocycles. The van der Waals surface area contributed by atoms with E-state index >= 15 is 0 Å². The summed E-state index contributed by atoms with van der Waals surface area (Å²) >= 11 is 0. The summed E-state index contributed by atoms with van der Waals surface area (Å²) in [4.78, 5) is 21.5. The number of ether oxygens (including phenoxy) is 1. The van der Waals surface area contributed by atoms with E-state index in [1.54, 1.807) is 19.1 Å². The quantitative estimate of drug-likeness (QED) is 0.790. The number of carbonyl (C=O) groups excluding carboxylic acids is 1. The summed E-state index contributed by atoms with van der Waals surface area (Å²) in [6.07, 6.45) is -0.263. The summed E-state index contributed by atoms with van der Waals surface area (Å²) in [5.41, 5.74) is 0.856. The predicted molar refractivity (Wildman–Crippen MR) is 62.5 cm³/mol. The van der Waals surface area contributed by atoms with Crippen LogP contribution in [0.15, 0.2) is 24.3 Å². The van der Waals surface area contributed by atoms with Crippen molar-refractivity contribution in [3.8, 4) is 0 Å². The Bertz CT molecular complexity index is 414. The Balaban J connectivity index is 2.36. The van der Waals surface area contributed by atoms with Gasteiger partial charge in [0.15, 0.2) is 0 Å². The average Bonchev–Trinajstić information content (AvgIpc) is 2.29. The Morgan fingerprint density at radius 3 is 2.44 bits per heavy atom. The maximum atomic E-state index is 12.7. The third kappa shape index (κ3) is 5.43. The van der Waals surface area contributed by atoms with Crippen molar-refractivity contribution in [1.82, 2.24) is 0 Å². The topological polar surface area (TPSA) is 63.6 Å². The molecule has 0 aromatic heterocycles. The third-order valence-corrected chi connectivity index (χ3v) is 2.31. The van der Waals surface area contributed by atoms with Crippen LogP contribution >= 0.6 is 0 Å². The number of carboxylic acid groups (broad SMARTS) is 1. The van der Waals surface area contributed by atoms with Gasteiger partial charge in [0.25, 0.3) is 0 Å². The lowest BCUT2D eigenvalue weighted by Gasteiger charge is -2.12. The third-order valence-electron chi connectivity index (χ3n) is 2.31. The summed E-state index contributed by atoms with van der Waals surface area (Å²) in [6.45, 7) is 1.71. The molecule has 0 saturated heterocycles. The number of halogens is 1. The van der Waals surface area contributed by atoms with Gasteiger partial charge in [0.1, 0.15) is 11.9 Å². The van der Waals surface area contributed by atoms with Crippen molar-refractivity contribution in [1.29, 1.82) is 0 Å². The van der Waals surface area contributed by atoms with E-state index in [-0.39, 0.29) is 24.8 Å². The van der Waals surface area contributed by atoms with Crippen molar-refractivity contribution in [3.05, 3.63) is 35.6 Å². The van der Waals surface area contributed by atoms with E-state index in [9.17, 15) is 14.0 Å². The summed E-state index contributed by atoms with van der Waals surface area (Å²) in [6, 6.07) is 5.93. The fourth-order valence-electron chi connectivity index (χ4n) is 1.49. The van der Waals surface area contributed by atoms with Crippen molar-refractivity contribution < 1.29 is 23.8 Å². The highest BCUT2D eigenvalue weighted by Gasteiger charge is 2.11.